The van der Waals surface area contributed by atoms with E-state index in [0.717, 1.165) is 10.6 Å². The van der Waals surface area contributed by atoms with Gasteiger partial charge in [0.1, 0.15) is 11.2 Å². The van der Waals surface area contributed by atoms with E-state index >= 15 is 0 Å². The van der Waals surface area contributed by atoms with Crippen molar-refractivity contribution in [2.75, 3.05) is 0 Å². The average molecular weight is 370 g/mol. The van der Waals surface area contributed by atoms with E-state index in [2.05, 4.69) is 38.1 Å². The minimum atomic E-state index is 0.407. The third-order valence-electron chi connectivity index (χ3n) is 4.37. The summed E-state index contributed by atoms with van der Waals surface area (Å²) in [4.78, 5) is 18.7. The molecule has 128 valence electrons. The molecule has 6 aromatic rings. The van der Waals surface area contributed by atoms with Gasteiger partial charge in [0.2, 0.25) is 5.89 Å². The molecule has 0 atom stereocenters. The number of rotatable bonds is 2. The second-order valence-corrected chi connectivity index (χ2v) is 7.16. The quantitative estimate of drug-likeness (QED) is 0.411. The maximum Gasteiger partial charge on any atom is 0.247 e. The van der Waals surface area contributed by atoms with Crippen LogP contribution in [-0.4, -0.2) is 19.9 Å². The number of oxazole rings is 2. The first kappa shape index (κ1) is 14.6. The monoisotopic (exact) mass is 370 g/mol. The van der Waals surface area contributed by atoms with Gasteiger partial charge in [-0.1, -0.05) is 18.2 Å². The minimum Gasteiger partial charge on any atom is -0.443 e. The molecule has 6 nitrogen and oxygen atoms in total. The molecular formula is C20H10N4O2S. The van der Waals surface area contributed by atoms with Gasteiger partial charge in [-0.2, -0.15) is 4.98 Å². The Kier molecular flexibility index (Phi) is 2.95. The number of pyridine rings is 2. The molecule has 0 N–H and O–H groups in total. The Bertz CT molecular complexity index is 1410. The lowest BCUT2D eigenvalue weighted by Crippen LogP contribution is -1.84. The number of hydrogen-bond acceptors (Lipinski definition) is 7. The van der Waals surface area contributed by atoms with Crippen molar-refractivity contribution in [1.82, 2.24) is 19.9 Å². The van der Waals surface area contributed by atoms with Crippen LogP contribution in [0.1, 0.15) is 0 Å². The summed E-state index contributed by atoms with van der Waals surface area (Å²) in [6, 6.07) is 16.1. The van der Waals surface area contributed by atoms with Gasteiger partial charge in [-0.15, -0.1) is 11.3 Å². The van der Waals surface area contributed by atoms with Gasteiger partial charge in [-0.05, 0) is 29.7 Å². The van der Waals surface area contributed by atoms with Crippen LogP contribution >= 0.6 is 11.3 Å². The molecule has 0 radical (unpaired) electrons. The van der Waals surface area contributed by atoms with Crippen LogP contribution in [0.4, 0.5) is 0 Å². The van der Waals surface area contributed by atoms with E-state index in [0.29, 0.717) is 33.9 Å². The van der Waals surface area contributed by atoms with E-state index in [1.165, 1.54) is 16.5 Å². The van der Waals surface area contributed by atoms with Gasteiger partial charge in [-0.3, -0.25) is 0 Å². The molecule has 5 heterocycles. The summed E-state index contributed by atoms with van der Waals surface area (Å²) >= 11 is 1.71. The van der Waals surface area contributed by atoms with Crippen molar-refractivity contribution in [3.05, 3.63) is 61.1 Å². The first-order valence-electron chi connectivity index (χ1n) is 8.30. The fourth-order valence-electron chi connectivity index (χ4n) is 3.05. The van der Waals surface area contributed by atoms with Crippen molar-refractivity contribution >= 4 is 43.8 Å². The summed E-state index contributed by atoms with van der Waals surface area (Å²) < 4.78 is 12.4. The van der Waals surface area contributed by atoms with Crippen molar-refractivity contribution in [3.63, 3.8) is 0 Å². The molecule has 0 aliphatic rings. The highest BCUT2D eigenvalue weighted by Crippen LogP contribution is 2.33. The van der Waals surface area contributed by atoms with Gasteiger partial charge in [0, 0.05) is 10.8 Å². The molecule has 0 aliphatic carbocycles. The number of hydrogen-bond donors (Lipinski definition) is 0. The summed E-state index contributed by atoms with van der Waals surface area (Å²) in [7, 11) is 0. The maximum absolute atomic E-state index is 5.83. The molecule has 5 aromatic heterocycles. The highest BCUT2D eigenvalue weighted by atomic mass is 32.1. The minimum absolute atomic E-state index is 0.407. The zero-order valence-corrected chi connectivity index (χ0v) is 14.6. The van der Waals surface area contributed by atoms with Gasteiger partial charge < -0.3 is 8.83 Å². The van der Waals surface area contributed by atoms with Crippen molar-refractivity contribution in [2.45, 2.75) is 0 Å². The summed E-state index contributed by atoms with van der Waals surface area (Å²) in [5, 5.41) is 1.21. The third-order valence-corrected chi connectivity index (χ3v) is 5.51. The fourth-order valence-corrected chi connectivity index (χ4v) is 4.08. The molecule has 0 saturated carbocycles. The number of fused-ring (bicyclic) bond motifs is 3. The first-order valence-corrected chi connectivity index (χ1v) is 9.11. The number of aromatic nitrogens is 4. The van der Waals surface area contributed by atoms with Gasteiger partial charge in [-0.25, -0.2) is 15.0 Å². The van der Waals surface area contributed by atoms with Crippen molar-refractivity contribution in [2.24, 2.45) is 0 Å². The predicted octanol–water partition coefficient (Wildman–Crippen LogP) is 5.31. The summed E-state index contributed by atoms with van der Waals surface area (Å²) in [6.07, 6.45) is 3.03. The first-order chi connectivity index (χ1) is 13.3. The normalized spacial score (nSPS) is 11.7. The molecule has 7 heteroatoms. The van der Waals surface area contributed by atoms with E-state index in [4.69, 9.17) is 8.83 Å². The second-order valence-electron chi connectivity index (χ2n) is 6.08. The predicted molar refractivity (Wildman–Crippen MR) is 103 cm³/mol. The fraction of sp³-hybridized carbons (Fsp3) is 0. The van der Waals surface area contributed by atoms with Gasteiger partial charge in [0.05, 0.1) is 16.8 Å². The SMILES string of the molecule is c1ccc2sc(-c3ccc4oc(-c5cc6ocnc6cn5)nc4n3)cc2c1. The lowest BCUT2D eigenvalue weighted by molar-refractivity contribution is 0.599. The smallest absolute Gasteiger partial charge is 0.247 e. The van der Waals surface area contributed by atoms with Gasteiger partial charge in [0.15, 0.2) is 23.2 Å². The third kappa shape index (κ3) is 2.32. The topological polar surface area (TPSA) is 77.8 Å². The van der Waals surface area contributed by atoms with Crippen LogP contribution in [0.15, 0.2) is 70.0 Å². The van der Waals surface area contributed by atoms with E-state index in [1.54, 1.807) is 23.6 Å². The number of thiophene rings is 1. The van der Waals surface area contributed by atoms with Crippen LogP contribution in [0.25, 0.3) is 54.6 Å². The standard InChI is InChI=1S/C20H10N4O2S/c1-2-4-17-11(3-1)7-18(27-17)12-5-6-15-19(23-12)24-20(26-15)13-8-16-14(9-21-13)22-10-25-16/h1-10H. The van der Waals surface area contributed by atoms with E-state index < -0.39 is 0 Å². The molecule has 0 aliphatic heterocycles. The van der Waals surface area contributed by atoms with Crippen molar-refractivity contribution < 1.29 is 8.83 Å². The van der Waals surface area contributed by atoms with E-state index in [-0.39, 0.29) is 0 Å². The Labute approximate surface area is 156 Å². The largest absolute Gasteiger partial charge is 0.443 e. The lowest BCUT2D eigenvalue weighted by atomic mass is 10.2. The van der Waals surface area contributed by atoms with Crippen LogP contribution in [0.2, 0.25) is 0 Å². The molecule has 0 amide bonds. The van der Waals surface area contributed by atoms with Crippen LogP contribution in [-0.2, 0) is 0 Å². The lowest BCUT2D eigenvalue weighted by Gasteiger charge is -1.94. The number of nitrogens with zero attached hydrogens (tertiary/aromatic N) is 4. The Morgan fingerprint density at radius 3 is 2.78 bits per heavy atom. The molecule has 0 unspecified atom stereocenters. The Morgan fingerprint density at radius 2 is 1.81 bits per heavy atom. The van der Waals surface area contributed by atoms with Crippen LogP contribution in [0.5, 0.6) is 0 Å². The molecule has 0 bridgehead atoms. The van der Waals surface area contributed by atoms with Crippen molar-refractivity contribution in [3.8, 4) is 22.2 Å². The molecule has 6 rings (SSSR count). The summed E-state index contributed by atoms with van der Waals surface area (Å²) in [5.74, 6) is 0.407. The van der Waals surface area contributed by atoms with Gasteiger partial charge >= 0.3 is 0 Å². The van der Waals surface area contributed by atoms with Crippen LogP contribution in [0.3, 0.4) is 0 Å². The van der Waals surface area contributed by atoms with Crippen LogP contribution < -0.4 is 0 Å². The maximum atomic E-state index is 5.83. The highest BCUT2D eigenvalue weighted by Gasteiger charge is 2.14. The zero-order valence-electron chi connectivity index (χ0n) is 13.8. The van der Waals surface area contributed by atoms with E-state index in [1.807, 2.05) is 24.3 Å². The molecule has 0 spiro atoms. The number of benzene rings is 1. The van der Waals surface area contributed by atoms with Crippen molar-refractivity contribution in [1.29, 1.82) is 0 Å². The Hall–Kier alpha value is -3.58. The molecule has 0 fully saturated rings. The zero-order chi connectivity index (χ0) is 17.8. The Balaban J connectivity index is 1.46. The Morgan fingerprint density at radius 1 is 0.852 bits per heavy atom. The van der Waals surface area contributed by atoms with Crippen LogP contribution in [0, 0.1) is 0 Å². The van der Waals surface area contributed by atoms with Gasteiger partial charge in [0.25, 0.3) is 0 Å². The molecule has 1 aromatic carbocycles. The summed E-state index contributed by atoms with van der Waals surface area (Å²) in [6.45, 7) is 0. The second kappa shape index (κ2) is 5.46. The summed E-state index contributed by atoms with van der Waals surface area (Å²) in [5.41, 5.74) is 3.97. The molecule has 0 saturated heterocycles. The highest BCUT2D eigenvalue weighted by molar-refractivity contribution is 7.22. The molecular weight excluding hydrogens is 360 g/mol. The van der Waals surface area contributed by atoms with E-state index in [9.17, 15) is 0 Å². The average Bonchev–Trinajstić information content (AvgIpc) is 3.42. The molecule has 27 heavy (non-hydrogen) atoms.